The van der Waals surface area contributed by atoms with E-state index in [2.05, 4.69) is 9.47 Å². The smallest absolute Gasteiger partial charge is 0.295 e. The van der Waals surface area contributed by atoms with Gasteiger partial charge in [-0.05, 0) is 0 Å². The minimum Gasteiger partial charge on any atom is -0.355 e. The number of Topliss-reactive ketones (excluding diaryl/α,β-unsaturated/α-hetero) is 2. The van der Waals surface area contributed by atoms with E-state index in [0.717, 1.165) is 14.2 Å². The van der Waals surface area contributed by atoms with Gasteiger partial charge < -0.3 is 19.7 Å². The largest absolute Gasteiger partial charge is 0.355 e. The standard InChI is InChI=1S/C12H12O6/c1-17-11(15)9(13)7-5-3-4-6-8(7)10(14)12(11,16)18-2/h3-6,15-16H,1-2H3/t11-,12+. The Hall–Kier alpha value is -1.60. The van der Waals surface area contributed by atoms with Crippen molar-refractivity contribution >= 4 is 11.6 Å². The maximum Gasteiger partial charge on any atom is 0.295 e. The summed E-state index contributed by atoms with van der Waals surface area (Å²) >= 11 is 0. The van der Waals surface area contributed by atoms with Crippen LogP contribution in [0.25, 0.3) is 0 Å². The fourth-order valence-electron chi connectivity index (χ4n) is 2.01. The lowest BCUT2D eigenvalue weighted by Crippen LogP contribution is -2.68. The molecule has 0 aromatic heterocycles. The van der Waals surface area contributed by atoms with Crippen LogP contribution in [-0.2, 0) is 9.47 Å². The summed E-state index contributed by atoms with van der Waals surface area (Å²) in [4.78, 5) is 24.2. The SMILES string of the molecule is CO[C@@]1(O)C(=O)c2ccccc2C(=O)[C@@]1(O)OC. The Bertz CT molecular complexity index is 478. The van der Waals surface area contributed by atoms with Crippen molar-refractivity contribution in [1.29, 1.82) is 0 Å². The number of rotatable bonds is 2. The Morgan fingerprint density at radius 3 is 1.50 bits per heavy atom. The topological polar surface area (TPSA) is 93.1 Å². The second kappa shape index (κ2) is 3.96. The molecule has 0 spiro atoms. The molecule has 96 valence electrons. The van der Waals surface area contributed by atoms with Gasteiger partial charge in [0.1, 0.15) is 0 Å². The van der Waals surface area contributed by atoms with Crippen LogP contribution in [0.1, 0.15) is 20.7 Å². The van der Waals surface area contributed by atoms with Crippen LogP contribution in [0.5, 0.6) is 0 Å². The van der Waals surface area contributed by atoms with Gasteiger partial charge in [0.25, 0.3) is 11.6 Å². The average molecular weight is 252 g/mol. The first kappa shape index (κ1) is 12.8. The van der Waals surface area contributed by atoms with Crippen LogP contribution in [0.2, 0.25) is 0 Å². The second-order valence-electron chi connectivity index (χ2n) is 3.90. The van der Waals surface area contributed by atoms with Gasteiger partial charge in [-0.15, -0.1) is 0 Å². The minimum atomic E-state index is -2.76. The molecule has 0 saturated heterocycles. The molecule has 1 aromatic carbocycles. The number of hydrogen-bond acceptors (Lipinski definition) is 6. The summed E-state index contributed by atoms with van der Waals surface area (Å²) in [6.07, 6.45) is 0. The molecule has 0 radical (unpaired) electrons. The Labute approximate surface area is 103 Å². The van der Waals surface area contributed by atoms with E-state index in [9.17, 15) is 19.8 Å². The highest BCUT2D eigenvalue weighted by molar-refractivity contribution is 6.20. The van der Waals surface area contributed by atoms with E-state index in [0.29, 0.717) is 0 Å². The molecule has 0 unspecified atom stereocenters. The first-order chi connectivity index (χ1) is 8.42. The molecule has 6 nitrogen and oxygen atoms in total. The predicted octanol–water partition coefficient (Wildman–Crippen LogP) is -0.264. The zero-order chi connectivity index (χ0) is 13.6. The first-order valence-corrected chi connectivity index (χ1v) is 5.16. The van der Waals surface area contributed by atoms with Gasteiger partial charge in [0, 0.05) is 25.3 Å². The summed E-state index contributed by atoms with van der Waals surface area (Å²) < 4.78 is 9.27. The molecule has 0 aliphatic heterocycles. The van der Waals surface area contributed by atoms with Crippen LogP contribution >= 0.6 is 0 Å². The lowest BCUT2D eigenvalue weighted by molar-refractivity contribution is -0.318. The number of ketones is 2. The van der Waals surface area contributed by atoms with E-state index >= 15 is 0 Å². The Morgan fingerprint density at radius 2 is 1.22 bits per heavy atom. The van der Waals surface area contributed by atoms with Gasteiger partial charge in [0.05, 0.1) is 0 Å². The third kappa shape index (κ3) is 1.31. The number of benzene rings is 1. The Balaban J connectivity index is 2.75. The average Bonchev–Trinajstić information content (AvgIpc) is 2.42. The third-order valence-electron chi connectivity index (χ3n) is 3.08. The molecule has 18 heavy (non-hydrogen) atoms. The van der Waals surface area contributed by atoms with Gasteiger partial charge in [-0.25, -0.2) is 0 Å². The van der Waals surface area contributed by atoms with Gasteiger partial charge in [0.15, 0.2) is 0 Å². The minimum absolute atomic E-state index is 0.0198. The Morgan fingerprint density at radius 1 is 0.889 bits per heavy atom. The van der Waals surface area contributed by atoms with Crippen molar-refractivity contribution < 1.29 is 29.3 Å². The second-order valence-corrected chi connectivity index (χ2v) is 3.90. The molecule has 1 aromatic rings. The van der Waals surface area contributed by atoms with Crippen molar-refractivity contribution in [2.75, 3.05) is 14.2 Å². The normalized spacial score (nSPS) is 31.3. The van der Waals surface area contributed by atoms with Crippen molar-refractivity contribution in [3.05, 3.63) is 35.4 Å². The number of carbonyl (C=O) groups is 2. The van der Waals surface area contributed by atoms with Gasteiger partial charge in [-0.1, -0.05) is 24.3 Å². The number of carbonyl (C=O) groups excluding carboxylic acids is 2. The van der Waals surface area contributed by atoms with Crippen molar-refractivity contribution in [1.82, 2.24) is 0 Å². The molecule has 2 N–H and O–H groups in total. The number of hydrogen-bond donors (Lipinski definition) is 2. The monoisotopic (exact) mass is 252 g/mol. The zero-order valence-electron chi connectivity index (χ0n) is 9.84. The molecule has 0 saturated carbocycles. The van der Waals surface area contributed by atoms with Crippen LogP contribution < -0.4 is 0 Å². The van der Waals surface area contributed by atoms with Crippen LogP contribution in [0.3, 0.4) is 0 Å². The van der Waals surface area contributed by atoms with Gasteiger partial charge >= 0.3 is 0 Å². The molecular formula is C12H12O6. The van der Waals surface area contributed by atoms with E-state index in [1.807, 2.05) is 0 Å². The molecule has 0 heterocycles. The van der Waals surface area contributed by atoms with Crippen molar-refractivity contribution in [3.8, 4) is 0 Å². The van der Waals surface area contributed by atoms with E-state index in [1.165, 1.54) is 24.3 Å². The van der Waals surface area contributed by atoms with Gasteiger partial charge in [0.2, 0.25) is 11.6 Å². The molecule has 0 bridgehead atoms. The molecular weight excluding hydrogens is 240 g/mol. The first-order valence-electron chi connectivity index (χ1n) is 5.16. The molecule has 0 fully saturated rings. The third-order valence-corrected chi connectivity index (χ3v) is 3.08. The van der Waals surface area contributed by atoms with E-state index in [1.54, 1.807) is 0 Å². The zero-order valence-corrected chi connectivity index (χ0v) is 9.84. The highest BCUT2D eigenvalue weighted by Crippen LogP contribution is 2.37. The number of fused-ring (bicyclic) bond motifs is 1. The summed E-state index contributed by atoms with van der Waals surface area (Å²) in [7, 11) is 2.01. The number of ether oxygens (including phenoxy) is 2. The molecule has 6 heteroatoms. The van der Waals surface area contributed by atoms with Crippen molar-refractivity contribution in [2.45, 2.75) is 11.6 Å². The van der Waals surface area contributed by atoms with Crippen LogP contribution in [-0.4, -0.2) is 47.6 Å². The quantitative estimate of drug-likeness (QED) is 0.704. The van der Waals surface area contributed by atoms with Crippen LogP contribution in [0.4, 0.5) is 0 Å². The van der Waals surface area contributed by atoms with Gasteiger partial charge in [-0.3, -0.25) is 9.59 Å². The summed E-state index contributed by atoms with van der Waals surface area (Å²) in [6.45, 7) is 0. The van der Waals surface area contributed by atoms with E-state index in [4.69, 9.17) is 0 Å². The lowest BCUT2D eigenvalue weighted by atomic mass is 9.80. The summed E-state index contributed by atoms with van der Waals surface area (Å²) in [5.41, 5.74) is -0.0397. The van der Waals surface area contributed by atoms with Crippen LogP contribution in [0.15, 0.2) is 24.3 Å². The van der Waals surface area contributed by atoms with E-state index in [-0.39, 0.29) is 11.1 Å². The number of aliphatic hydroxyl groups is 2. The fourth-order valence-corrected chi connectivity index (χ4v) is 2.01. The predicted molar refractivity (Wildman–Crippen MR) is 59.0 cm³/mol. The van der Waals surface area contributed by atoms with Crippen molar-refractivity contribution in [2.24, 2.45) is 0 Å². The molecule has 2 rings (SSSR count). The highest BCUT2D eigenvalue weighted by Gasteiger charge is 2.65. The van der Waals surface area contributed by atoms with Crippen LogP contribution in [0, 0.1) is 0 Å². The Kier molecular flexibility index (Phi) is 2.83. The maximum absolute atomic E-state index is 12.1. The summed E-state index contributed by atoms with van der Waals surface area (Å²) in [6, 6.07) is 5.82. The lowest BCUT2D eigenvalue weighted by Gasteiger charge is -2.41. The van der Waals surface area contributed by atoms with Crippen molar-refractivity contribution in [3.63, 3.8) is 0 Å². The molecule has 0 amide bonds. The molecule has 1 aliphatic rings. The molecule has 2 atom stereocenters. The maximum atomic E-state index is 12.1. The summed E-state index contributed by atoms with van der Waals surface area (Å²) in [5, 5.41) is 20.2. The van der Waals surface area contributed by atoms with E-state index < -0.39 is 23.1 Å². The van der Waals surface area contributed by atoms with Gasteiger partial charge in [-0.2, -0.15) is 0 Å². The highest BCUT2D eigenvalue weighted by atomic mass is 16.7. The fraction of sp³-hybridized carbons (Fsp3) is 0.333. The molecule has 1 aliphatic carbocycles. The summed E-state index contributed by atoms with van der Waals surface area (Å²) in [5.74, 6) is -7.37. The number of methoxy groups -OCH3 is 2.